The quantitative estimate of drug-likeness (QED) is 0.794. The molecule has 0 spiro atoms. The topological polar surface area (TPSA) is 32.3 Å². The Labute approximate surface area is 140 Å². The van der Waals surface area contributed by atoms with E-state index in [1.54, 1.807) is 16.8 Å². The van der Waals surface area contributed by atoms with Crippen molar-refractivity contribution in [3.63, 3.8) is 0 Å². The average molecular weight is 326 g/mol. The van der Waals surface area contributed by atoms with Gasteiger partial charge >= 0.3 is 0 Å². The maximum atomic E-state index is 4.72. The summed E-state index contributed by atoms with van der Waals surface area (Å²) in [5.74, 6) is 1.20. The lowest BCUT2D eigenvalue weighted by Crippen LogP contribution is -2.35. The van der Waals surface area contributed by atoms with E-state index in [1.165, 1.54) is 48.1 Å². The monoisotopic (exact) mass is 326 g/mol. The molecule has 0 aromatic carbocycles. The lowest BCUT2D eigenvalue weighted by atomic mass is 9.97. The number of aromatic nitrogens is 2. The Morgan fingerprint density at radius 1 is 1.09 bits per heavy atom. The molecule has 1 unspecified atom stereocenters. The number of hydrogen-bond acceptors (Lipinski definition) is 5. The number of nitrogens with zero attached hydrogens (tertiary/aromatic N) is 4. The molecule has 3 aliphatic rings. The van der Waals surface area contributed by atoms with Gasteiger partial charge in [0.25, 0.3) is 0 Å². The maximum absolute atomic E-state index is 4.72. The Kier molecular flexibility index (Phi) is 3.37. The molecule has 0 bridgehead atoms. The molecule has 0 N–H and O–H groups in total. The van der Waals surface area contributed by atoms with E-state index >= 15 is 0 Å². The lowest BCUT2D eigenvalue weighted by molar-refractivity contribution is 0.271. The second kappa shape index (κ2) is 5.56. The summed E-state index contributed by atoms with van der Waals surface area (Å²) in [7, 11) is 0. The second-order valence-corrected chi connectivity index (χ2v) is 7.99. The molecular weight excluding hydrogens is 304 g/mol. The highest BCUT2D eigenvalue weighted by Crippen LogP contribution is 2.40. The Balaban J connectivity index is 1.49. The molecule has 5 rings (SSSR count). The third-order valence-electron chi connectivity index (χ3n) is 5.56. The largest absolute Gasteiger partial charge is 0.354 e. The van der Waals surface area contributed by atoms with E-state index in [1.807, 2.05) is 11.3 Å². The highest BCUT2D eigenvalue weighted by molar-refractivity contribution is 7.19. The van der Waals surface area contributed by atoms with Gasteiger partial charge in [-0.2, -0.15) is 0 Å². The fraction of sp³-hybridized carbons (Fsp3) is 0.556. The fourth-order valence-corrected chi connectivity index (χ4v) is 5.56. The Morgan fingerprint density at radius 3 is 2.87 bits per heavy atom. The smallest absolute Gasteiger partial charge is 0.141 e. The highest BCUT2D eigenvalue weighted by atomic mass is 32.1. The van der Waals surface area contributed by atoms with Crippen LogP contribution in [0.4, 0.5) is 5.82 Å². The van der Waals surface area contributed by atoms with Gasteiger partial charge in [0.2, 0.25) is 0 Å². The van der Waals surface area contributed by atoms with Crippen LogP contribution in [0, 0.1) is 0 Å². The number of rotatable bonds is 2. The van der Waals surface area contributed by atoms with Gasteiger partial charge in [0.05, 0.1) is 5.39 Å². The third kappa shape index (κ3) is 2.29. The van der Waals surface area contributed by atoms with Gasteiger partial charge in [0.15, 0.2) is 0 Å². The molecule has 0 radical (unpaired) electrons. The number of thiophene rings is 1. The van der Waals surface area contributed by atoms with Crippen LogP contribution in [0.5, 0.6) is 0 Å². The van der Waals surface area contributed by atoms with Crippen molar-refractivity contribution in [1.29, 1.82) is 0 Å². The summed E-state index contributed by atoms with van der Waals surface area (Å²) in [5, 5.41) is 1.37. The Hall–Kier alpha value is -1.46. The van der Waals surface area contributed by atoms with Gasteiger partial charge in [-0.1, -0.05) is 12.2 Å². The van der Waals surface area contributed by atoms with Crippen LogP contribution in [0.25, 0.3) is 10.2 Å². The molecule has 1 aliphatic carbocycles. The highest BCUT2D eigenvalue weighted by Gasteiger charge is 2.31. The van der Waals surface area contributed by atoms with E-state index in [0.717, 1.165) is 26.2 Å². The van der Waals surface area contributed by atoms with Crippen LogP contribution >= 0.6 is 11.3 Å². The van der Waals surface area contributed by atoms with Crippen LogP contribution in [0.1, 0.15) is 29.7 Å². The van der Waals surface area contributed by atoms with E-state index < -0.39 is 0 Å². The van der Waals surface area contributed by atoms with Gasteiger partial charge in [0.1, 0.15) is 17.0 Å². The summed E-state index contributed by atoms with van der Waals surface area (Å²) >= 11 is 1.90. The minimum atomic E-state index is 0.671. The van der Waals surface area contributed by atoms with Crippen molar-refractivity contribution in [2.45, 2.75) is 38.1 Å². The summed E-state index contributed by atoms with van der Waals surface area (Å²) in [5.41, 5.74) is 1.55. The molecule has 0 amide bonds. The molecule has 2 aromatic rings. The maximum Gasteiger partial charge on any atom is 0.141 e. The van der Waals surface area contributed by atoms with Crippen molar-refractivity contribution in [2.24, 2.45) is 0 Å². The molecule has 2 aliphatic heterocycles. The van der Waals surface area contributed by atoms with Crippen LogP contribution in [0.15, 0.2) is 18.5 Å². The van der Waals surface area contributed by atoms with E-state index in [9.17, 15) is 0 Å². The molecule has 1 atom stereocenters. The number of anilines is 1. The Bertz CT molecular complexity index is 758. The predicted molar refractivity (Wildman–Crippen MR) is 95.4 cm³/mol. The molecule has 0 saturated carbocycles. The Morgan fingerprint density at radius 2 is 1.96 bits per heavy atom. The van der Waals surface area contributed by atoms with Gasteiger partial charge in [-0.3, -0.25) is 4.90 Å². The molecule has 1 saturated heterocycles. The molecule has 4 heterocycles. The predicted octanol–water partition coefficient (Wildman–Crippen LogP) is 3.02. The van der Waals surface area contributed by atoms with Crippen molar-refractivity contribution < 1.29 is 0 Å². The van der Waals surface area contributed by atoms with Crippen molar-refractivity contribution >= 4 is 27.4 Å². The van der Waals surface area contributed by atoms with Crippen LogP contribution in [0.2, 0.25) is 0 Å². The normalized spacial score (nSPS) is 24.7. The molecule has 5 heteroatoms. The number of fused-ring (bicyclic) bond motifs is 3. The van der Waals surface area contributed by atoms with Gasteiger partial charge in [-0.15, -0.1) is 11.3 Å². The zero-order chi connectivity index (χ0) is 15.2. The van der Waals surface area contributed by atoms with Crippen molar-refractivity contribution in [3.05, 3.63) is 28.9 Å². The van der Waals surface area contributed by atoms with E-state index in [0.29, 0.717) is 6.04 Å². The first-order chi connectivity index (χ1) is 11.4. The molecule has 1 fully saturated rings. The summed E-state index contributed by atoms with van der Waals surface area (Å²) in [4.78, 5) is 17.2. The lowest BCUT2D eigenvalue weighted by Gasteiger charge is -2.24. The molecular formula is C18H22N4S. The summed E-state index contributed by atoms with van der Waals surface area (Å²) < 4.78 is 0. The van der Waals surface area contributed by atoms with E-state index in [2.05, 4.69) is 26.9 Å². The van der Waals surface area contributed by atoms with Crippen LogP contribution in [0.3, 0.4) is 0 Å². The van der Waals surface area contributed by atoms with Crippen LogP contribution in [-0.2, 0) is 12.8 Å². The summed E-state index contributed by atoms with van der Waals surface area (Å²) in [6, 6.07) is 0.671. The van der Waals surface area contributed by atoms with Crippen molar-refractivity contribution in [1.82, 2.24) is 14.9 Å². The standard InChI is InChI=1S/C18H22N4S/c1-2-6-15-14(5-1)16-17(19-12-20-18(16)23-15)22-10-7-13(11-22)21-8-3-4-9-21/h3-4,12-13H,1-2,5-11H2. The van der Waals surface area contributed by atoms with Gasteiger partial charge in [-0.05, 0) is 37.7 Å². The first kappa shape index (κ1) is 13.9. The minimum absolute atomic E-state index is 0.671. The number of hydrogen-bond donors (Lipinski definition) is 0. The molecule has 4 nitrogen and oxygen atoms in total. The zero-order valence-corrected chi connectivity index (χ0v) is 14.2. The van der Waals surface area contributed by atoms with Crippen molar-refractivity contribution in [2.75, 3.05) is 31.1 Å². The van der Waals surface area contributed by atoms with E-state index in [-0.39, 0.29) is 0 Å². The van der Waals surface area contributed by atoms with Crippen LogP contribution in [-0.4, -0.2) is 47.1 Å². The average Bonchev–Trinajstić information content (AvgIpc) is 3.32. The molecule has 2 aromatic heterocycles. The van der Waals surface area contributed by atoms with Gasteiger partial charge < -0.3 is 4.90 Å². The van der Waals surface area contributed by atoms with Gasteiger partial charge in [0, 0.05) is 37.1 Å². The second-order valence-electron chi connectivity index (χ2n) is 6.90. The minimum Gasteiger partial charge on any atom is -0.354 e. The van der Waals surface area contributed by atoms with Gasteiger partial charge in [-0.25, -0.2) is 9.97 Å². The van der Waals surface area contributed by atoms with Crippen LogP contribution < -0.4 is 4.90 Å². The third-order valence-corrected chi connectivity index (χ3v) is 6.76. The summed E-state index contributed by atoms with van der Waals surface area (Å²) in [6.07, 6.45) is 12.7. The number of aryl methyl sites for hydroxylation is 2. The van der Waals surface area contributed by atoms with Crippen molar-refractivity contribution in [3.8, 4) is 0 Å². The summed E-state index contributed by atoms with van der Waals surface area (Å²) in [6.45, 7) is 4.47. The van der Waals surface area contributed by atoms with E-state index in [4.69, 9.17) is 4.98 Å². The zero-order valence-electron chi connectivity index (χ0n) is 13.4. The molecule has 120 valence electrons. The fourth-order valence-electron chi connectivity index (χ4n) is 4.34. The molecule has 23 heavy (non-hydrogen) atoms. The SMILES string of the molecule is C1=CCN(C2CCN(c3ncnc4sc5c(c34)CCCC5)C2)C1. The first-order valence-electron chi connectivity index (χ1n) is 8.79. The first-order valence-corrected chi connectivity index (χ1v) is 9.61.